The van der Waals surface area contributed by atoms with Gasteiger partial charge in [0.2, 0.25) is 5.91 Å². The summed E-state index contributed by atoms with van der Waals surface area (Å²) in [6.45, 7) is 0. The molecule has 7 nitrogen and oxygen atoms in total. The lowest BCUT2D eigenvalue weighted by Crippen LogP contribution is -2.28. The van der Waals surface area contributed by atoms with Crippen LogP contribution < -0.4 is 10.9 Å². The molecule has 1 aliphatic rings. The zero-order chi connectivity index (χ0) is 17.6. The van der Waals surface area contributed by atoms with E-state index in [4.69, 9.17) is 4.42 Å². The predicted molar refractivity (Wildman–Crippen MR) is 90.7 cm³/mol. The third kappa shape index (κ3) is 2.46. The summed E-state index contributed by atoms with van der Waals surface area (Å²) in [5, 5.41) is 14.2. The molecule has 1 aliphatic heterocycles. The highest BCUT2D eigenvalue weighted by Gasteiger charge is 2.32. The molecule has 1 N–H and O–H groups in total. The van der Waals surface area contributed by atoms with Gasteiger partial charge < -0.3 is 9.73 Å². The monoisotopic (exact) mass is 336 g/mol. The van der Waals surface area contributed by atoms with Gasteiger partial charge in [0, 0.05) is 29.9 Å². The summed E-state index contributed by atoms with van der Waals surface area (Å²) < 4.78 is 5.39. The zero-order valence-corrected chi connectivity index (χ0v) is 12.9. The number of non-ortho nitro benzene ring substituents is 1. The van der Waals surface area contributed by atoms with E-state index in [0.29, 0.717) is 27.8 Å². The Morgan fingerprint density at radius 2 is 1.80 bits per heavy atom. The van der Waals surface area contributed by atoms with Crippen molar-refractivity contribution >= 4 is 28.3 Å². The number of nitrogens with one attached hydrogen (secondary N) is 1. The molecule has 0 bridgehead atoms. The molecule has 25 heavy (non-hydrogen) atoms. The normalized spacial score (nSPS) is 16.3. The second kappa shape index (κ2) is 5.55. The van der Waals surface area contributed by atoms with Gasteiger partial charge in [-0.05, 0) is 17.7 Å². The van der Waals surface area contributed by atoms with Crippen LogP contribution in [0.25, 0.3) is 11.0 Å². The Bertz CT molecular complexity index is 1070. The van der Waals surface area contributed by atoms with Gasteiger partial charge in [-0.25, -0.2) is 4.79 Å². The highest BCUT2D eigenvalue weighted by atomic mass is 16.6. The molecule has 2 aromatic carbocycles. The number of hydrogen-bond donors (Lipinski definition) is 1. The molecule has 0 radical (unpaired) electrons. The van der Waals surface area contributed by atoms with Gasteiger partial charge in [-0.15, -0.1) is 0 Å². The number of nitrogens with zero attached hydrogens (tertiary/aromatic N) is 1. The molecule has 1 unspecified atom stereocenters. The van der Waals surface area contributed by atoms with Crippen molar-refractivity contribution in [2.24, 2.45) is 0 Å². The molecule has 0 fully saturated rings. The highest BCUT2D eigenvalue weighted by Crippen LogP contribution is 2.39. The smallest absolute Gasteiger partial charge is 0.342 e. The van der Waals surface area contributed by atoms with Crippen LogP contribution in [-0.4, -0.2) is 10.8 Å². The van der Waals surface area contributed by atoms with E-state index >= 15 is 0 Å². The highest BCUT2D eigenvalue weighted by molar-refractivity contribution is 6.04. The Morgan fingerprint density at radius 1 is 1.08 bits per heavy atom. The van der Waals surface area contributed by atoms with Gasteiger partial charge in [-0.1, -0.05) is 24.3 Å². The lowest BCUT2D eigenvalue weighted by atomic mass is 9.85. The molecule has 0 aliphatic carbocycles. The first-order valence-electron chi connectivity index (χ1n) is 7.64. The van der Waals surface area contributed by atoms with Crippen LogP contribution in [-0.2, 0) is 4.79 Å². The maximum atomic E-state index is 12.5. The minimum Gasteiger partial charge on any atom is -0.422 e. The van der Waals surface area contributed by atoms with Gasteiger partial charge in [-0.3, -0.25) is 14.9 Å². The zero-order valence-electron chi connectivity index (χ0n) is 12.9. The molecule has 124 valence electrons. The van der Waals surface area contributed by atoms with E-state index in [1.165, 1.54) is 12.1 Å². The summed E-state index contributed by atoms with van der Waals surface area (Å²) in [7, 11) is 0. The Balaban J connectivity index is 1.92. The van der Waals surface area contributed by atoms with Crippen molar-refractivity contribution in [2.45, 2.75) is 12.3 Å². The number of amides is 1. The SMILES string of the molecule is O=C1CC(c2ccc([N+](=O)[O-])cc2)c2c(c3ccccc3oc2=O)N1. The standard InChI is InChI=1S/C18H12N2O5/c21-15-9-13(10-5-7-11(8-6-10)20(23)24)16-17(19-15)12-3-1-2-4-14(12)25-18(16)22/h1-8,13H,9H2,(H,19,21). The molecule has 1 amide bonds. The molecule has 2 heterocycles. The van der Waals surface area contributed by atoms with E-state index in [2.05, 4.69) is 5.32 Å². The number of rotatable bonds is 2. The van der Waals surface area contributed by atoms with Gasteiger partial charge in [0.1, 0.15) is 5.58 Å². The third-order valence-corrected chi connectivity index (χ3v) is 4.36. The van der Waals surface area contributed by atoms with Gasteiger partial charge in [0.15, 0.2) is 0 Å². The van der Waals surface area contributed by atoms with Crippen LogP contribution in [0.5, 0.6) is 0 Å². The molecule has 7 heteroatoms. The van der Waals surface area contributed by atoms with E-state index < -0.39 is 16.5 Å². The maximum Gasteiger partial charge on any atom is 0.342 e. The minimum absolute atomic E-state index is 0.0465. The number of carbonyl (C=O) groups excluding carboxylic acids is 1. The van der Waals surface area contributed by atoms with Crippen molar-refractivity contribution in [2.75, 3.05) is 5.32 Å². The van der Waals surface area contributed by atoms with E-state index in [0.717, 1.165) is 0 Å². The van der Waals surface area contributed by atoms with E-state index in [9.17, 15) is 19.7 Å². The van der Waals surface area contributed by atoms with Gasteiger partial charge in [0.25, 0.3) is 5.69 Å². The van der Waals surface area contributed by atoms with Crippen LogP contribution in [0.4, 0.5) is 11.4 Å². The fraction of sp³-hybridized carbons (Fsp3) is 0.111. The number of anilines is 1. The van der Waals surface area contributed by atoms with Crippen molar-refractivity contribution in [3.63, 3.8) is 0 Å². The van der Waals surface area contributed by atoms with E-state index in [-0.39, 0.29) is 18.0 Å². The predicted octanol–water partition coefficient (Wildman–Crippen LogP) is 3.18. The summed E-state index contributed by atoms with van der Waals surface area (Å²) in [5.41, 5.74) is 1.31. The average molecular weight is 336 g/mol. The number of benzene rings is 2. The van der Waals surface area contributed by atoms with Gasteiger partial charge in [0.05, 0.1) is 16.2 Å². The van der Waals surface area contributed by atoms with Crippen LogP contribution in [0, 0.1) is 10.1 Å². The topological polar surface area (TPSA) is 102 Å². The number of nitro benzene ring substituents is 1. The molecule has 0 saturated heterocycles. The number of fused-ring (bicyclic) bond motifs is 3. The van der Waals surface area contributed by atoms with Crippen LogP contribution >= 0.6 is 0 Å². The fourth-order valence-corrected chi connectivity index (χ4v) is 3.21. The first-order chi connectivity index (χ1) is 12.0. The van der Waals surface area contributed by atoms with E-state index in [1.807, 2.05) is 0 Å². The second-order valence-electron chi connectivity index (χ2n) is 5.83. The van der Waals surface area contributed by atoms with Crippen LogP contribution in [0.3, 0.4) is 0 Å². The Morgan fingerprint density at radius 3 is 2.52 bits per heavy atom. The molecular formula is C18H12N2O5. The molecule has 3 aromatic rings. The lowest BCUT2D eigenvalue weighted by molar-refractivity contribution is -0.384. The van der Waals surface area contributed by atoms with Crippen molar-refractivity contribution in [1.82, 2.24) is 0 Å². The number of carbonyl (C=O) groups is 1. The summed E-state index contributed by atoms with van der Waals surface area (Å²) in [6.07, 6.45) is 0.0773. The number of para-hydroxylation sites is 1. The maximum absolute atomic E-state index is 12.5. The number of hydrogen-bond acceptors (Lipinski definition) is 5. The van der Waals surface area contributed by atoms with Crippen LogP contribution in [0.15, 0.2) is 57.7 Å². The van der Waals surface area contributed by atoms with Crippen LogP contribution in [0.2, 0.25) is 0 Å². The second-order valence-corrected chi connectivity index (χ2v) is 5.83. The summed E-state index contributed by atoms with van der Waals surface area (Å²) in [6, 6.07) is 12.8. The molecule has 0 saturated carbocycles. The van der Waals surface area contributed by atoms with Crippen molar-refractivity contribution in [1.29, 1.82) is 0 Å². The van der Waals surface area contributed by atoms with E-state index in [1.54, 1.807) is 36.4 Å². The Hall–Kier alpha value is -3.48. The van der Waals surface area contributed by atoms with Crippen molar-refractivity contribution < 1.29 is 14.1 Å². The van der Waals surface area contributed by atoms with Gasteiger partial charge in [-0.2, -0.15) is 0 Å². The molecule has 0 spiro atoms. The Kier molecular flexibility index (Phi) is 3.35. The lowest BCUT2D eigenvalue weighted by Gasteiger charge is -2.25. The Labute approximate surface area is 141 Å². The average Bonchev–Trinajstić information content (AvgIpc) is 2.61. The summed E-state index contributed by atoms with van der Waals surface area (Å²) in [4.78, 5) is 35.0. The number of nitro groups is 1. The quantitative estimate of drug-likeness (QED) is 0.440. The molecule has 1 atom stereocenters. The molecule has 4 rings (SSSR count). The van der Waals surface area contributed by atoms with Crippen molar-refractivity contribution in [3.05, 3.63) is 80.2 Å². The first kappa shape index (κ1) is 15.1. The molecule has 1 aromatic heterocycles. The summed E-state index contributed by atoms with van der Waals surface area (Å²) >= 11 is 0. The minimum atomic E-state index is -0.517. The third-order valence-electron chi connectivity index (χ3n) is 4.36. The molecular weight excluding hydrogens is 324 g/mol. The largest absolute Gasteiger partial charge is 0.422 e. The fourth-order valence-electron chi connectivity index (χ4n) is 3.21. The van der Waals surface area contributed by atoms with Crippen LogP contribution in [0.1, 0.15) is 23.5 Å². The first-order valence-corrected chi connectivity index (χ1v) is 7.64. The summed E-state index contributed by atoms with van der Waals surface area (Å²) in [5.74, 6) is -0.725. The van der Waals surface area contributed by atoms with Crippen molar-refractivity contribution in [3.8, 4) is 0 Å². The van der Waals surface area contributed by atoms with Gasteiger partial charge >= 0.3 is 5.63 Å².